The van der Waals surface area contributed by atoms with E-state index in [0.29, 0.717) is 5.69 Å². The molecule has 0 bridgehead atoms. The van der Waals surface area contributed by atoms with Gasteiger partial charge in [-0.2, -0.15) is 0 Å². The number of hydrogen-bond acceptors (Lipinski definition) is 4. The number of rotatable bonds is 2. The lowest BCUT2D eigenvalue weighted by atomic mass is 10.3. The maximum Gasteiger partial charge on any atom is 0.166 e. The van der Waals surface area contributed by atoms with Gasteiger partial charge in [-0.15, -0.1) is 11.3 Å². The first kappa shape index (κ1) is 8.40. The lowest BCUT2D eigenvalue weighted by Gasteiger charge is -1.95. The average molecular weight is 195 g/mol. The molecule has 0 spiro atoms. The summed E-state index contributed by atoms with van der Waals surface area (Å²) in [6.45, 7) is 1.70. The number of nitrogens with zero attached hydrogens (tertiary/aromatic N) is 2. The number of imidazole rings is 1. The van der Waals surface area contributed by atoms with Crippen LogP contribution < -0.4 is 0 Å². The monoisotopic (exact) mass is 195 g/mol. The Morgan fingerprint density at radius 3 is 3.00 bits per heavy atom. The zero-order valence-electron chi connectivity index (χ0n) is 7.06. The second-order valence-electron chi connectivity index (χ2n) is 2.69. The lowest BCUT2D eigenvalue weighted by molar-refractivity contribution is 0.195. The largest absolute Gasteiger partial charge is 0.387 e. The van der Waals surface area contributed by atoms with Crippen molar-refractivity contribution in [1.29, 1.82) is 0 Å². The fourth-order valence-corrected chi connectivity index (χ4v) is 1.83. The number of nitrogens with one attached hydrogen (secondary N) is 1. The smallest absolute Gasteiger partial charge is 0.166 e. The molecule has 0 aliphatic rings. The Morgan fingerprint density at radius 1 is 1.62 bits per heavy atom. The van der Waals surface area contributed by atoms with Gasteiger partial charge in [-0.05, 0) is 6.92 Å². The molecule has 2 aromatic heterocycles. The fourth-order valence-electron chi connectivity index (χ4n) is 0.969. The molecule has 0 aromatic carbocycles. The maximum absolute atomic E-state index is 9.25. The van der Waals surface area contributed by atoms with Gasteiger partial charge >= 0.3 is 0 Å². The highest BCUT2D eigenvalue weighted by molar-refractivity contribution is 7.13. The number of hydrogen-bond donors (Lipinski definition) is 2. The molecule has 0 saturated heterocycles. The first-order valence-corrected chi connectivity index (χ1v) is 4.78. The van der Waals surface area contributed by atoms with Crippen LogP contribution in [0.1, 0.15) is 18.7 Å². The topological polar surface area (TPSA) is 61.8 Å². The third-order valence-electron chi connectivity index (χ3n) is 1.65. The molecule has 0 fully saturated rings. The van der Waals surface area contributed by atoms with Crippen molar-refractivity contribution in [2.45, 2.75) is 13.0 Å². The summed E-state index contributed by atoms with van der Waals surface area (Å²) >= 11 is 1.47. The number of thiazole rings is 1. The molecule has 1 unspecified atom stereocenters. The van der Waals surface area contributed by atoms with Gasteiger partial charge in [-0.3, -0.25) is 0 Å². The zero-order valence-corrected chi connectivity index (χ0v) is 7.88. The molecule has 0 radical (unpaired) electrons. The van der Waals surface area contributed by atoms with Crippen LogP contribution >= 0.6 is 11.3 Å². The van der Waals surface area contributed by atoms with Crippen molar-refractivity contribution >= 4 is 11.3 Å². The Kier molecular flexibility index (Phi) is 2.12. The average Bonchev–Trinajstić information content (AvgIpc) is 2.75. The SMILES string of the molecule is CC(O)c1csc(-c2ncc[nH]2)n1. The third kappa shape index (κ3) is 1.61. The van der Waals surface area contributed by atoms with Crippen LogP contribution in [0.15, 0.2) is 17.8 Å². The van der Waals surface area contributed by atoms with Gasteiger partial charge < -0.3 is 10.1 Å². The zero-order chi connectivity index (χ0) is 9.26. The Morgan fingerprint density at radius 2 is 2.46 bits per heavy atom. The van der Waals surface area contributed by atoms with Crippen LogP contribution in [0.3, 0.4) is 0 Å². The van der Waals surface area contributed by atoms with Crippen LogP contribution in [0.4, 0.5) is 0 Å². The molecule has 0 amide bonds. The van der Waals surface area contributed by atoms with E-state index in [1.807, 2.05) is 5.38 Å². The van der Waals surface area contributed by atoms with Crippen molar-refractivity contribution in [1.82, 2.24) is 15.0 Å². The molecule has 68 valence electrons. The van der Waals surface area contributed by atoms with Gasteiger partial charge in [0, 0.05) is 17.8 Å². The number of aliphatic hydroxyl groups excluding tert-OH is 1. The lowest BCUT2D eigenvalue weighted by Crippen LogP contribution is -1.90. The van der Waals surface area contributed by atoms with Crippen molar-refractivity contribution in [3.05, 3.63) is 23.5 Å². The van der Waals surface area contributed by atoms with Gasteiger partial charge in [-0.25, -0.2) is 9.97 Å². The molecule has 0 aliphatic heterocycles. The molecule has 4 nitrogen and oxygen atoms in total. The summed E-state index contributed by atoms with van der Waals surface area (Å²) < 4.78 is 0. The summed E-state index contributed by atoms with van der Waals surface area (Å²) in [5.41, 5.74) is 0.691. The molecule has 0 saturated carbocycles. The molecule has 2 heterocycles. The maximum atomic E-state index is 9.25. The van der Waals surface area contributed by atoms with Crippen molar-refractivity contribution in [2.24, 2.45) is 0 Å². The highest BCUT2D eigenvalue weighted by atomic mass is 32.1. The van der Waals surface area contributed by atoms with E-state index in [1.165, 1.54) is 11.3 Å². The van der Waals surface area contributed by atoms with E-state index < -0.39 is 6.10 Å². The van der Waals surface area contributed by atoms with E-state index in [2.05, 4.69) is 15.0 Å². The molecule has 2 N–H and O–H groups in total. The first-order valence-electron chi connectivity index (χ1n) is 3.90. The van der Waals surface area contributed by atoms with E-state index in [1.54, 1.807) is 19.3 Å². The minimum atomic E-state index is -0.514. The van der Waals surface area contributed by atoms with Crippen LogP contribution in [0.2, 0.25) is 0 Å². The summed E-state index contributed by atoms with van der Waals surface area (Å²) in [6.07, 6.45) is 2.91. The van der Waals surface area contributed by atoms with E-state index in [4.69, 9.17) is 0 Å². The Bertz CT molecular complexity index is 380. The van der Waals surface area contributed by atoms with Gasteiger partial charge in [0.1, 0.15) is 0 Å². The third-order valence-corrected chi connectivity index (χ3v) is 2.52. The number of H-pyrrole nitrogens is 1. The number of aliphatic hydroxyl groups is 1. The molecule has 2 aromatic rings. The standard InChI is InChI=1S/C8H9N3OS/c1-5(12)6-4-13-8(11-6)7-9-2-3-10-7/h2-5,12H,1H3,(H,9,10). The Labute approximate surface area is 79.3 Å². The number of aromatic nitrogens is 3. The van der Waals surface area contributed by atoms with Crippen molar-refractivity contribution in [2.75, 3.05) is 0 Å². The minimum Gasteiger partial charge on any atom is -0.387 e. The summed E-state index contributed by atoms with van der Waals surface area (Å²) in [4.78, 5) is 11.3. The van der Waals surface area contributed by atoms with Gasteiger partial charge in [0.05, 0.1) is 11.8 Å². The van der Waals surface area contributed by atoms with E-state index in [-0.39, 0.29) is 0 Å². The van der Waals surface area contributed by atoms with Gasteiger partial charge in [-0.1, -0.05) is 0 Å². The van der Waals surface area contributed by atoms with E-state index >= 15 is 0 Å². The summed E-state index contributed by atoms with van der Waals surface area (Å²) in [5, 5.41) is 11.9. The highest BCUT2D eigenvalue weighted by Gasteiger charge is 2.09. The molecule has 2 rings (SSSR count). The first-order chi connectivity index (χ1) is 6.27. The van der Waals surface area contributed by atoms with Crippen LogP contribution in [0.25, 0.3) is 10.8 Å². The van der Waals surface area contributed by atoms with Crippen LogP contribution in [0, 0.1) is 0 Å². The van der Waals surface area contributed by atoms with Crippen LogP contribution in [-0.2, 0) is 0 Å². The van der Waals surface area contributed by atoms with Gasteiger partial charge in [0.2, 0.25) is 0 Å². The van der Waals surface area contributed by atoms with Crippen molar-refractivity contribution in [3.8, 4) is 10.8 Å². The molecule has 5 heteroatoms. The van der Waals surface area contributed by atoms with E-state index in [0.717, 1.165) is 10.8 Å². The van der Waals surface area contributed by atoms with Crippen molar-refractivity contribution < 1.29 is 5.11 Å². The van der Waals surface area contributed by atoms with Crippen LogP contribution in [0.5, 0.6) is 0 Å². The predicted molar refractivity (Wildman–Crippen MR) is 50.3 cm³/mol. The van der Waals surface area contributed by atoms with Crippen LogP contribution in [-0.4, -0.2) is 20.1 Å². The summed E-state index contributed by atoms with van der Waals surface area (Å²) in [6, 6.07) is 0. The van der Waals surface area contributed by atoms with Crippen molar-refractivity contribution in [3.63, 3.8) is 0 Å². The van der Waals surface area contributed by atoms with E-state index in [9.17, 15) is 5.11 Å². The molecular formula is C8H9N3OS. The normalized spacial score (nSPS) is 13.1. The molecule has 1 atom stereocenters. The highest BCUT2D eigenvalue weighted by Crippen LogP contribution is 2.22. The van der Waals surface area contributed by atoms with Gasteiger partial charge in [0.15, 0.2) is 10.8 Å². The molecule has 0 aliphatic carbocycles. The second-order valence-corrected chi connectivity index (χ2v) is 3.55. The summed E-state index contributed by atoms with van der Waals surface area (Å²) in [7, 11) is 0. The Balaban J connectivity index is 2.33. The fraction of sp³-hybridized carbons (Fsp3) is 0.250. The van der Waals surface area contributed by atoms with Gasteiger partial charge in [0.25, 0.3) is 0 Å². The second kappa shape index (κ2) is 3.27. The predicted octanol–water partition coefficient (Wildman–Crippen LogP) is 1.59. The quantitative estimate of drug-likeness (QED) is 0.764. The minimum absolute atomic E-state index is 0.514. The number of aromatic amines is 1. The Hall–Kier alpha value is -1.20. The summed E-state index contributed by atoms with van der Waals surface area (Å²) in [5.74, 6) is 0.747. The molecule has 13 heavy (non-hydrogen) atoms. The molecular weight excluding hydrogens is 186 g/mol.